The van der Waals surface area contributed by atoms with Gasteiger partial charge in [0.05, 0.1) is 6.54 Å². The molecule has 0 saturated heterocycles. The Morgan fingerprint density at radius 2 is 1.79 bits per heavy atom. The number of nitrogens with one attached hydrogen (secondary N) is 2. The molecule has 0 bridgehead atoms. The van der Waals surface area contributed by atoms with E-state index < -0.39 is 0 Å². The Labute approximate surface area is 118 Å². The first-order chi connectivity index (χ1) is 8.99. The topological polar surface area (TPSA) is 58.2 Å². The van der Waals surface area contributed by atoms with Crippen molar-refractivity contribution in [3.05, 3.63) is 34.9 Å². The van der Waals surface area contributed by atoms with Gasteiger partial charge < -0.3 is 10.6 Å². The molecule has 0 atom stereocenters. The van der Waals surface area contributed by atoms with Crippen molar-refractivity contribution in [3.8, 4) is 0 Å². The van der Waals surface area contributed by atoms with Crippen molar-refractivity contribution < 1.29 is 9.59 Å². The minimum Gasteiger partial charge on any atom is -0.355 e. The largest absolute Gasteiger partial charge is 0.355 e. The molecule has 0 aliphatic rings. The quantitative estimate of drug-likeness (QED) is 0.841. The Balaban J connectivity index is 2.30. The molecule has 19 heavy (non-hydrogen) atoms. The molecule has 0 saturated carbocycles. The van der Waals surface area contributed by atoms with Crippen LogP contribution in [0.4, 0.5) is 0 Å². The Bertz CT molecular complexity index is 430. The van der Waals surface area contributed by atoms with E-state index in [1.165, 1.54) is 0 Å². The van der Waals surface area contributed by atoms with Crippen molar-refractivity contribution in [1.29, 1.82) is 0 Å². The van der Waals surface area contributed by atoms with Gasteiger partial charge in [-0.2, -0.15) is 0 Å². The first-order valence-electron chi connectivity index (χ1n) is 6.29. The fourth-order valence-electron chi connectivity index (χ4n) is 1.43. The van der Waals surface area contributed by atoms with Crippen molar-refractivity contribution in [3.63, 3.8) is 0 Å². The zero-order chi connectivity index (χ0) is 14.3. The van der Waals surface area contributed by atoms with Gasteiger partial charge in [0.15, 0.2) is 0 Å². The van der Waals surface area contributed by atoms with Gasteiger partial charge in [-0.1, -0.05) is 25.4 Å². The number of carbonyl (C=O) groups excluding carboxylic acids is 2. The van der Waals surface area contributed by atoms with E-state index in [9.17, 15) is 9.59 Å². The van der Waals surface area contributed by atoms with Crippen molar-refractivity contribution in [2.24, 2.45) is 5.92 Å². The Morgan fingerprint density at radius 1 is 1.16 bits per heavy atom. The van der Waals surface area contributed by atoms with Gasteiger partial charge in [0.1, 0.15) is 0 Å². The highest BCUT2D eigenvalue weighted by molar-refractivity contribution is 6.30. The highest BCUT2D eigenvalue weighted by Crippen LogP contribution is 2.09. The van der Waals surface area contributed by atoms with E-state index in [0.29, 0.717) is 23.0 Å². The summed E-state index contributed by atoms with van der Waals surface area (Å²) in [6.07, 6.45) is 0.927. The van der Waals surface area contributed by atoms with E-state index in [2.05, 4.69) is 24.5 Å². The normalized spacial score (nSPS) is 10.3. The van der Waals surface area contributed by atoms with Crippen molar-refractivity contribution in [2.75, 3.05) is 13.1 Å². The van der Waals surface area contributed by atoms with Crippen LogP contribution in [0.5, 0.6) is 0 Å². The minimum absolute atomic E-state index is 0.0143. The monoisotopic (exact) mass is 282 g/mol. The zero-order valence-electron chi connectivity index (χ0n) is 11.2. The summed E-state index contributed by atoms with van der Waals surface area (Å²) < 4.78 is 0. The van der Waals surface area contributed by atoms with E-state index >= 15 is 0 Å². The summed E-state index contributed by atoms with van der Waals surface area (Å²) in [5, 5.41) is 5.89. The molecule has 1 rings (SSSR count). The Morgan fingerprint density at radius 3 is 2.37 bits per heavy atom. The van der Waals surface area contributed by atoms with Crippen LogP contribution in [0.25, 0.3) is 0 Å². The Kier molecular flexibility index (Phi) is 6.36. The average Bonchev–Trinajstić information content (AvgIpc) is 2.36. The number of rotatable bonds is 6. The van der Waals surface area contributed by atoms with Crippen LogP contribution >= 0.6 is 11.6 Å². The molecule has 0 heterocycles. The Hall–Kier alpha value is -1.55. The van der Waals surface area contributed by atoms with Crippen LogP contribution in [0, 0.1) is 5.92 Å². The van der Waals surface area contributed by atoms with Gasteiger partial charge in [-0.25, -0.2) is 0 Å². The van der Waals surface area contributed by atoms with E-state index in [-0.39, 0.29) is 18.4 Å². The molecule has 0 aliphatic heterocycles. The lowest BCUT2D eigenvalue weighted by Crippen LogP contribution is -2.37. The molecule has 2 amide bonds. The second-order valence-corrected chi connectivity index (χ2v) is 5.16. The first-order valence-corrected chi connectivity index (χ1v) is 6.67. The SMILES string of the molecule is CC(C)CCNC(=O)CNC(=O)c1ccc(Cl)cc1. The third-order valence-electron chi connectivity index (χ3n) is 2.56. The lowest BCUT2D eigenvalue weighted by molar-refractivity contribution is -0.120. The molecule has 0 spiro atoms. The summed E-state index contributed by atoms with van der Waals surface area (Å²) in [6.45, 7) is 4.80. The molecule has 0 aromatic heterocycles. The number of amides is 2. The second kappa shape index (κ2) is 7.79. The molecule has 5 heteroatoms. The minimum atomic E-state index is -0.282. The van der Waals surface area contributed by atoms with Crippen LogP contribution in [0.1, 0.15) is 30.6 Å². The molecule has 2 N–H and O–H groups in total. The van der Waals surface area contributed by atoms with Crippen LogP contribution in [0.15, 0.2) is 24.3 Å². The van der Waals surface area contributed by atoms with Crippen molar-refractivity contribution in [2.45, 2.75) is 20.3 Å². The summed E-state index contributed by atoms with van der Waals surface area (Å²) in [4.78, 5) is 23.2. The number of carbonyl (C=O) groups is 2. The predicted molar refractivity (Wildman–Crippen MR) is 76.2 cm³/mol. The lowest BCUT2D eigenvalue weighted by atomic mass is 10.1. The standard InChI is InChI=1S/C14H19ClN2O2/c1-10(2)7-8-16-13(18)9-17-14(19)11-3-5-12(15)6-4-11/h3-6,10H,7-9H2,1-2H3,(H,16,18)(H,17,19). The van der Waals surface area contributed by atoms with Crippen molar-refractivity contribution >= 4 is 23.4 Å². The van der Waals surface area contributed by atoms with Crippen LogP contribution < -0.4 is 10.6 Å². The third-order valence-corrected chi connectivity index (χ3v) is 2.81. The molecular weight excluding hydrogens is 264 g/mol. The van der Waals surface area contributed by atoms with E-state index in [0.717, 1.165) is 6.42 Å². The third kappa shape index (κ3) is 6.25. The van der Waals surface area contributed by atoms with Crippen LogP contribution in [0.3, 0.4) is 0 Å². The van der Waals surface area contributed by atoms with Gasteiger partial charge >= 0.3 is 0 Å². The first kappa shape index (κ1) is 15.5. The number of hydrogen-bond acceptors (Lipinski definition) is 2. The zero-order valence-corrected chi connectivity index (χ0v) is 12.0. The van der Waals surface area contributed by atoms with E-state index in [1.807, 2.05) is 0 Å². The van der Waals surface area contributed by atoms with Gasteiger partial charge in [-0.05, 0) is 36.6 Å². The predicted octanol–water partition coefficient (Wildman–Crippen LogP) is 2.23. The molecule has 0 aliphatic carbocycles. The highest BCUT2D eigenvalue weighted by Gasteiger charge is 2.07. The second-order valence-electron chi connectivity index (χ2n) is 4.72. The fraction of sp³-hybridized carbons (Fsp3) is 0.429. The lowest BCUT2D eigenvalue weighted by Gasteiger charge is -2.08. The van der Waals surface area contributed by atoms with Crippen molar-refractivity contribution in [1.82, 2.24) is 10.6 Å². The summed E-state index contributed by atoms with van der Waals surface area (Å²) in [7, 11) is 0. The maximum Gasteiger partial charge on any atom is 0.251 e. The maximum absolute atomic E-state index is 11.7. The average molecular weight is 283 g/mol. The summed E-state index contributed by atoms with van der Waals surface area (Å²) in [6, 6.07) is 6.51. The molecule has 1 aromatic carbocycles. The molecule has 0 radical (unpaired) electrons. The number of halogens is 1. The molecular formula is C14H19ClN2O2. The molecule has 104 valence electrons. The molecule has 1 aromatic rings. The van der Waals surface area contributed by atoms with Gasteiger partial charge in [0.25, 0.3) is 5.91 Å². The van der Waals surface area contributed by atoms with Gasteiger partial charge in [-0.15, -0.1) is 0 Å². The number of benzene rings is 1. The van der Waals surface area contributed by atoms with E-state index in [4.69, 9.17) is 11.6 Å². The van der Waals surface area contributed by atoms with E-state index in [1.54, 1.807) is 24.3 Å². The van der Waals surface area contributed by atoms with Crippen LogP contribution in [-0.2, 0) is 4.79 Å². The summed E-state index contributed by atoms with van der Waals surface area (Å²) in [5.41, 5.74) is 0.486. The molecule has 4 nitrogen and oxygen atoms in total. The maximum atomic E-state index is 11.7. The van der Waals surface area contributed by atoms with Gasteiger partial charge in [0.2, 0.25) is 5.91 Å². The number of hydrogen-bond donors (Lipinski definition) is 2. The van der Waals surface area contributed by atoms with Gasteiger partial charge in [0, 0.05) is 17.1 Å². The van der Waals surface area contributed by atoms with Gasteiger partial charge in [-0.3, -0.25) is 9.59 Å². The fourth-order valence-corrected chi connectivity index (χ4v) is 1.55. The highest BCUT2D eigenvalue weighted by atomic mass is 35.5. The molecule has 0 fully saturated rings. The summed E-state index contributed by atoms with van der Waals surface area (Å²) >= 11 is 5.73. The smallest absolute Gasteiger partial charge is 0.251 e. The van der Waals surface area contributed by atoms with Crippen LogP contribution in [-0.4, -0.2) is 24.9 Å². The van der Waals surface area contributed by atoms with Crippen LogP contribution in [0.2, 0.25) is 5.02 Å². The molecule has 0 unspecified atom stereocenters. The summed E-state index contributed by atoms with van der Waals surface area (Å²) in [5.74, 6) is 0.0857.